The fourth-order valence-electron chi connectivity index (χ4n) is 2.18. The third-order valence-corrected chi connectivity index (χ3v) is 16.7. The molecule has 0 aliphatic heterocycles. The molecule has 0 aromatic heterocycles. The van der Waals surface area contributed by atoms with Crippen LogP contribution in [0.1, 0.15) is 59.3 Å². The van der Waals surface area contributed by atoms with Gasteiger partial charge in [-0.15, -0.1) is 0 Å². The number of hydrogen-bond acceptors (Lipinski definition) is 1. The van der Waals surface area contributed by atoms with E-state index in [0.717, 1.165) is 0 Å². The van der Waals surface area contributed by atoms with E-state index < -0.39 is 18.8 Å². The number of unbranched alkanes of at least 4 members (excludes halogenated alkanes) is 3. The summed E-state index contributed by atoms with van der Waals surface area (Å²) in [5.41, 5.74) is 0. The summed E-state index contributed by atoms with van der Waals surface area (Å²) in [5, 5.41) is 0. The minimum absolute atomic E-state index is 1.33. The summed E-state index contributed by atoms with van der Waals surface area (Å²) in [6, 6.07) is 0. The topological polar surface area (TPSA) is 9.23 Å². The van der Waals surface area contributed by atoms with E-state index in [-0.39, 0.29) is 0 Å². The van der Waals surface area contributed by atoms with Gasteiger partial charge in [0.25, 0.3) is 0 Å². The molecule has 0 bridgehead atoms. The van der Waals surface area contributed by atoms with Crippen LogP contribution in [0.2, 0.25) is 13.3 Å². The molecule has 0 unspecified atom stereocenters. The van der Waals surface area contributed by atoms with Crippen LogP contribution in [-0.4, -0.2) is 36.9 Å². The Labute approximate surface area is 111 Å². The first kappa shape index (κ1) is 16.4. The molecule has 0 atom stereocenters. The molecule has 0 amide bonds. The van der Waals surface area contributed by atoms with Crippen molar-refractivity contribution < 1.29 is 1.97 Å². The minimum atomic E-state index is -2.12. The van der Waals surface area contributed by atoms with Crippen molar-refractivity contribution >= 4 is 36.9 Å². The zero-order valence-corrected chi connectivity index (χ0v) is 14.1. The van der Waals surface area contributed by atoms with Crippen LogP contribution in [0.3, 0.4) is 0 Å². The predicted molar refractivity (Wildman–Crippen MR) is 71.7 cm³/mol. The van der Waals surface area contributed by atoms with Crippen molar-refractivity contribution in [3.05, 3.63) is 0 Å². The fraction of sp³-hybridized carbons (Fsp3) is 1.00. The van der Waals surface area contributed by atoms with Gasteiger partial charge in [-0.1, -0.05) is 0 Å². The first-order valence-corrected chi connectivity index (χ1v) is 14.0. The Bertz CT molecular complexity index is 120. The van der Waals surface area contributed by atoms with Crippen molar-refractivity contribution in [2.45, 2.75) is 72.6 Å². The van der Waals surface area contributed by atoms with E-state index in [4.69, 9.17) is 1.97 Å². The number of hydrogen-bond donors (Lipinski definition) is 0. The second-order valence-corrected chi connectivity index (χ2v) is 16.9. The molecule has 0 aliphatic carbocycles. The quantitative estimate of drug-likeness (QED) is 0.542. The summed E-state index contributed by atoms with van der Waals surface area (Å²) < 4.78 is 10.4. The van der Waals surface area contributed by atoms with E-state index in [0.29, 0.717) is 0 Å². The van der Waals surface area contributed by atoms with Gasteiger partial charge in [0.2, 0.25) is 0 Å². The molecule has 0 radical (unpaired) electrons. The first-order chi connectivity index (χ1) is 7.24. The Morgan fingerprint density at radius 2 is 1.13 bits per heavy atom. The molecule has 0 aliphatic rings. The monoisotopic (exact) mass is 314 g/mol. The predicted octanol–water partition coefficient (Wildman–Crippen LogP) is 4.43. The van der Waals surface area contributed by atoms with Crippen LogP contribution in [0.4, 0.5) is 0 Å². The zero-order chi connectivity index (χ0) is 11.6. The summed E-state index contributed by atoms with van der Waals surface area (Å²) in [6.45, 7) is 6.89. The van der Waals surface area contributed by atoms with Crippen LogP contribution in [0.15, 0.2) is 0 Å². The van der Waals surface area contributed by atoms with Crippen molar-refractivity contribution in [2.75, 3.05) is 0 Å². The van der Waals surface area contributed by atoms with Gasteiger partial charge >= 0.3 is 111 Å². The van der Waals surface area contributed by atoms with Gasteiger partial charge < -0.3 is 0 Å². The third kappa shape index (κ3) is 7.31. The Morgan fingerprint density at radius 1 is 0.800 bits per heavy atom. The summed E-state index contributed by atoms with van der Waals surface area (Å²) in [5.74, 6) is 0. The molecule has 15 heavy (non-hydrogen) atoms. The molecule has 0 saturated carbocycles. The van der Waals surface area contributed by atoms with Crippen LogP contribution in [0.5, 0.6) is 0 Å². The first-order valence-electron chi connectivity index (χ1n) is 6.79. The van der Waals surface area contributed by atoms with Crippen LogP contribution in [0, 0.1) is 0 Å². The van der Waals surface area contributed by atoms with Gasteiger partial charge in [0, 0.05) is 0 Å². The molecule has 3 heteroatoms. The molecule has 0 heterocycles. The van der Waals surface area contributed by atoms with Crippen molar-refractivity contribution in [1.29, 1.82) is 0 Å². The molecule has 86 valence electrons. The summed E-state index contributed by atoms with van der Waals surface area (Å²) in [4.78, 5) is 0. The van der Waals surface area contributed by atoms with E-state index in [2.05, 4.69) is 20.8 Å². The zero-order valence-electron chi connectivity index (χ0n) is 11.3. The van der Waals surface area contributed by atoms with E-state index in [1.807, 2.05) is 18.1 Å². The molecule has 0 spiro atoms. The van der Waals surface area contributed by atoms with E-state index in [1.54, 1.807) is 0 Å². The fourth-order valence-corrected chi connectivity index (χ4v) is 14.6. The molecule has 0 saturated heterocycles. The van der Waals surface area contributed by atoms with Crippen molar-refractivity contribution in [3.8, 4) is 0 Å². The molecule has 0 rings (SSSR count). The Hall–Kier alpha value is 1.36. The normalized spacial score (nSPS) is 12.1. The van der Waals surface area contributed by atoms with Crippen LogP contribution in [-0.2, 0) is 1.97 Å². The second-order valence-electron chi connectivity index (χ2n) is 4.70. The third-order valence-electron chi connectivity index (χ3n) is 3.39. The van der Waals surface area contributed by atoms with Gasteiger partial charge in [-0.3, -0.25) is 0 Å². The summed E-state index contributed by atoms with van der Waals surface area (Å²) in [6.07, 6.45) is 8.20. The molecular formula is C12H27LiOSn. The molecule has 1 nitrogen and oxygen atoms in total. The van der Waals surface area contributed by atoms with Crippen LogP contribution in [0.25, 0.3) is 0 Å². The van der Waals surface area contributed by atoms with Gasteiger partial charge in [0.05, 0.1) is 0 Å². The molecule has 0 aromatic carbocycles. The molecular weight excluding hydrogens is 286 g/mol. The van der Waals surface area contributed by atoms with E-state index >= 15 is 0 Å². The van der Waals surface area contributed by atoms with Crippen molar-refractivity contribution in [3.63, 3.8) is 0 Å². The van der Waals surface area contributed by atoms with E-state index in [1.165, 1.54) is 51.8 Å². The van der Waals surface area contributed by atoms with Gasteiger partial charge in [0.1, 0.15) is 0 Å². The molecule has 0 aromatic rings. The Morgan fingerprint density at radius 3 is 1.33 bits per heavy atom. The SMILES string of the molecule is [Li][O][Sn]([CH2]CCC)([CH2]CCC)[CH2]CCC. The average Bonchev–Trinajstić information content (AvgIpc) is 2.29. The summed E-state index contributed by atoms with van der Waals surface area (Å²) in [7, 11) is 0. The summed E-state index contributed by atoms with van der Waals surface area (Å²) >= 11 is -0.118. The Kier molecular flexibility index (Phi) is 11.5. The van der Waals surface area contributed by atoms with Gasteiger partial charge in [-0.2, -0.15) is 0 Å². The molecule has 0 fully saturated rings. The number of rotatable bonds is 10. The Balaban J connectivity index is 4.16. The van der Waals surface area contributed by atoms with Crippen LogP contribution >= 0.6 is 0 Å². The van der Waals surface area contributed by atoms with Crippen molar-refractivity contribution in [1.82, 2.24) is 0 Å². The van der Waals surface area contributed by atoms with Crippen molar-refractivity contribution in [2.24, 2.45) is 0 Å². The van der Waals surface area contributed by atoms with E-state index in [9.17, 15) is 0 Å². The average molecular weight is 313 g/mol. The van der Waals surface area contributed by atoms with Crippen LogP contribution < -0.4 is 0 Å². The second kappa shape index (κ2) is 10.5. The standard InChI is InChI=1S/3C4H9.Li.O.Sn/c3*1-3-4-2;;;/h3*1,3-4H2,2H3;;;. The van der Waals surface area contributed by atoms with Gasteiger partial charge in [-0.05, 0) is 0 Å². The van der Waals surface area contributed by atoms with Gasteiger partial charge in [-0.25, -0.2) is 0 Å². The van der Waals surface area contributed by atoms with Gasteiger partial charge in [0.15, 0.2) is 0 Å². The molecule has 0 N–H and O–H groups in total. The maximum absolute atomic E-state index is 6.05. The maximum atomic E-state index is 6.05.